The Labute approximate surface area is 219 Å². The van der Waals surface area contributed by atoms with Crippen LogP contribution in [0, 0.1) is 5.92 Å². The van der Waals surface area contributed by atoms with Gasteiger partial charge < -0.3 is 19.3 Å². The number of rotatable bonds is 4. The standard InChI is InChI=1S/C29H37ClN2O4/c1-21(2)16-28(34)32-13-9-5-3-4-8-12-31(20-23-10-6-7-11-25(23)32)27(33)19-22-17-24(30)29-26(18-22)35-14-15-36-29/h6-7,10-11,17-18,21H,3-5,8-9,12-16,19-20H2,1-2H3. The quantitative estimate of drug-likeness (QED) is 0.502. The van der Waals surface area contributed by atoms with Gasteiger partial charge in [0.1, 0.15) is 13.2 Å². The first-order chi connectivity index (χ1) is 17.4. The van der Waals surface area contributed by atoms with Crippen molar-refractivity contribution in [3.8, 4) is 11.5 Å². The zero-order valence-electron chi connectivity index (χ0n) is 21.4. The van der Waals surface area contributed by atoms with Crippen LogP contribution in [0.3, 0.4) is 0 Å². The Bertz CT molecular complexity index is 1070. The summed E-state index contributed by atoms with van der Waals surface area (Å²) in [5, 5.41) is 0.466. The molecule has 0 N–H and O–H groups in total. The SMILES string of the molecule is CC(C)CC(=O)N1CCCCCCCN(C(=O)Cc2cc(Cl)c3c(c2)OCCO3)Cc2ccccc21. The van der Waals surface area contributed by atoms with E-state index in [-0.39, 0.29) is 18.2 Å². The topological polar surface area (TPSA) is 59.1 Å². The van der Waals surface area contributed by atoms with Crippen LogP contribution in [-0.2, 0) is 22.6 Å². The second-order valence-electron chi connectivity index (χ2n) is 10.1. The van der Waals surface area contributed by atoms with Gasteiger partial charge in [0.15, 0.2) is 11.5 Å². The maximum absolute atomic E-state index is 13.6. The van der Waals surface area contributed by atoms with Crippen molar-refractivity contribution < 1.29 is 19.1 Å². The zero-order chi connectivity index (χ0) is 25.5. The monoisotopic (exact) mass is 512 g/mol. The second kappa shape index (κ2) is 12.5. The highest BCUT2D eigenvalue weighted by atomic mass is 35.5. The van der Waals surface area contributed by atoms with E-state index in [2.05, 4.69) is 13.8 Å². The van der Waals surface area contributed by atoms with Gasteiger partial charge in [0, 0.05) is 31.7 Å². The molecule has 2 aliphatic heterocycles. The Hall–Kier alpha value is -2.73. The maximum Gasteiger partial charge on any atom is 0.227 e. The third kappa shape index (κ3) is 6.73. The van der Waals surface area contributed by atoms with Gasteiger partial charge in [0.05, 0.1) is 11.4 Å². The highest BCUT2D eigenvalue weighted by molar-refractivity contribution is 6.32. The molecule has 2 amide bonds. The molecule has 0 spiro atoms. The Morgan fingerprint density at radius 1 is 0.944 bits per heavy atom. The largest absolute Gasteiger partial charge is 0.486 e. The van der Waals surface area contributed by atoms with Crippen molar-refractivity contribution in [3.05, 3.63) is 52.5 Å². The fourth-order valence-electron chi connectivity index (χ4n) is 4.90. The lowest BCUT2D eigenvalue weighted by atomic mass is 10.0. The van der Waals surface area contributed by atoms with Crippen LogP contribution in [0.4, 0.5) is 5.69 Å². The molecular formula is C29H37ClN2O4. The molecule has 2 aromatic carbocycles. The average Bonchev–Trinajstić information content (AvgIpc) is 2.84. The van der Waals surface area contributed by atoms with Crippen molar-refractivity contribution in [2.45, 2.75) is 65.3 Å². The van der Waals surface area contributed by atoms with E-state index in [0.717, 1.165) is 48.9 Å². The molecule has 2 aromatic rings. The summed E-state index contributed by atoms with van der Waals surface area (Å²) in [6, 6.07) is 11.7. The normalized spacial score (nSPS) is 16.7. The van der Waals surface area contributed by atoms with Crippen molar-refractivity contribution in [1.29, 1.82) is 0 Å². The number of para-hydroxylation sites is 1. The molecule has 4 rings (SSSR count). The number of benzene rings is 2. The molecular weight excluding hydrogens is 476 g/mol. The first-order valence-electron chi connectivity index (χ1n) is 13.2. The van der Waals surface area contributed by atoms with Gasteiger partial charge >= 0.3 is 0 Å². The molecule has 0 radical (unpaired) electrons. The summed E-state index contributed by atoms with van der Waals surface area (Å²) < 4.78 is 11.3. The molecule has 0 saturated heterocycles. The second-order valence-corrected chi connectivity index (χ2v) is 10.5. The van der Waals surface area contributed by atoms with Crippen LogP contribution in [0.2, 0.25) is 5.02 Å². The molecule has 7 heteroatoms. The molecule has 0 atom stereocenters. The number of hydrogen-bond donors (Lipinski definition) is 0. The van der Waals surface area contributed by atoms with E-state index in [1.807, 2.05) is 40.1 Å². The van der Waals surface area contributed by atoms with Gasteiger partial charge in [0.25, 0.3) is 0 Å². The minimum absolute atomic E-state index is 0.0367. The van der Waals surface area contributed by atoms with Crippen LogP contribution in [0.15, 0.2) is 36.4 Å². The fourth-order valence-corrected chi connectivity index (χ4v) is 5.19. The predicted octanol–water partition coefficient (Wildman–Crippen LogP) is 6.03. The van der Waals surface area contributed by atoms with E-state index in [0.29, 0.717) is 61.7 Å². The Balaban J connectivity index is 1.58. The smallest absolute Gasteiger partial charge is 0.227 e. The first kappa shape index (κ1) is 26.3. The number of nitrogens with zero attached hydrogens (tertiary/aromatic N) is 2. The van der Waals surface area contributed by atoms with Crippen LogP contribution < -0.4 is 14.4 Å². The third-order valence-corrected chi connectivity index (χ3v) is 6.98. The number of hydrogen-bond acceptors (Lipinski definition) is 4. The minimum atomic E-state index is 0.0367. The summed E-state index contributed by atoms with van der Waals surface area (Å²) in [7, 11) is 0. The van der Waals surface area contributed by atoms with Crippen molar-refractivity contribution in [1.82, 2.24) is 4.90 Å². The summed E-state index contributed by atoms with van der Waals surface area (Å²) in [4.78, 5) is 30.6. The van der Waals surface area contributed by atoms with Gasteiger partial charge in [-0.3, -0.25) is 9.59 Å². The number of amides is 2. The van der Waals surface area contributed by atoms with E-state index in [4.69, 9.17) is 21.1 Å². The van der Waals surface area contributed by atoms with Crippen molar-refractivity contribution >= 4 is 29.1 Å². The summed E-state index contributed by atoms with van der Waals surface area (Å²) in [6.45, 7) is 6.95. The molecule has 0 bridgehead atoms. The van der Waals surface area contributed by atoms with Crippen molar-refractivity contribution in [2.24, 2.45) is 5.92 Å². The number of fused-ring (bicyclic) bond motifs is 2. The van der Waals surface area contributed by atoms with Crippen LogP contribution >= 0.6 is 11.6 Å². The first-order valence-corrected chi connectivity index (χ1v) is 13.5. The zero-order valence-corrected chi connectivity index (χ0v) is 22.2. The van der Waals surface area contributed by atoms with E-state index >= 15 is 0 Å². The van der Waals surface area contributed by atoms with Crippen LogP contribution in [0.25, 0.3) is 0 Å². The van der Waals surface area contributed by atoms with E-state index < -0.39 is 0 Å². The Kier molecular flexibility index (Phi) is 9.13. The average molecular weight is 513 g/mol. The predicted molar refractivity (Wildman–Crippen MR) is 143 cm³/mol. The molecule has 0 aromatic heterocycles. The van der Waals surface area contributed by atoms with E-state index in [1.54, 1.807) is 6.07 Å². The van der Waals surface area contributed by atoms with Crippen molar-refractivity contribution in [3.63, 3.8) is 0 Å². The van der Waals surface area contributed by atoms with Crippen LogP contribution in [0.5, 0.6) is 11.5 Å². The highest BCUT2D eigenvalue weighted by Crippen LogP contribution is 2.38. The van der Waals surface area contributed by atoms with Gasteiger partial charge in [-0.15, -0.1) is 0 Å². The van der Waals surface area contributed by atoms with E-state index in [9.17, 15) is 9.59 Å². The molecule has 2 heterocycles. The fraction of sp³-hybridized carbons (Fsp3) is 0.517. The lowest BCUT2D eigenvalue weighted by molar-refractivity contribution is -0.131. The molecule has 0 aliphatic carbocycles. The summed E-state index contributed by atoms with van der Waals surface area (Å²) >= 11 is 6.42. The number of ether oxygens (including phenoxy) is 2. The molecule has 0 saturated carbocycles. The van der Waals surface area contributed by atoms with Gasteiger partial charge in [-0.1, -0.05) is 62.9 Å². The molecule has 36 heavy (non-hydrogen) atoms. The molecule has 194 valence electrons. The summed E-state index contributed by atoms with van der Waals surface area (Å²) in [5.74, 6) is 1.62. The van der Waals surface area contributed by atoms with Gasteiger partial charge in [-0.2, -0.15) is 0 Å². The minimum Gasteiger partial charge on any atom is -0.486 e. The van der Waals surface area contributed by atoms with Gasteiger partial charge in [-0.25, -0.2) is 0 Å². The lowest BCUT2D eigenvalue weighted by Crippen LogP contribution is -2.36. The summed E-state index contributed by atoms with van der Waals surface area (Å²) in [5.41, 5.74) is 2.73. The van der Waals surface area contributed by atoms with Gasteiger partial charge in [-0.05, 0) is 48.1 Å². The van der Waals surface area contributed by atoms with Crippen LogP contribution in [-0.4, -0.2) is 43.0 Å². The number of carbonyl (C=O) groups is 2. The number of anilines is 1. The lowest BCUT2D eigenvalue weighted by Gasteiger charge is -2.30. The van der Waals surface area contributed by atoms with Crippen molar-refractivity contribution in [2.75, 3.05) is 31.2 Å². The highest BCUT2D eigenvalue weighted by Gasteiger charge is 2.24. The van der Waals surface area contributed by atoms with E-state index in [1.165, 1.54) is 0 Å². The van der Waals surface area contributed by atoms with Crippen LogP contribution in [0.1, 0.15) is 63.5 Å². The Morgan fingerprint density at radius 3 is 2.47 bits per heavy atom. The van der Waals surface area contributed by atoms with Gasteiger partial charge in [0.2, 0.25) is 11.8 Å². The Morgan fingerprint density at radius 2 is 1.67 bits per heavy atom. The summed E-state index contributed by atoms with van der Waals surface area (Å²) in [6.07, 6.45) is 5.96. The molecule has 6 nitrogen and oxygen atoms in total. The number of carbonyl (C=O) groups excluding carboxylic acids is 2. The maximum atomic E-state index is 13.6. The molecule has 0 unspecified atom stereocenters. The third-order valence-electron chi connectivity index (χ3n) is 6.70. The molecule has 2 aliphatic rings. The molecule has 0 fully saturated rings. The number of halogens is 1.